The van der Waals surface area contributed by atoms with E-state index in [2.05, 4.69) is 15.1 Å². The minimum atomic E-state index is 0.640. The standard InChI is InChI=1S/C15H17N5O/c1-10-9-16-11(2)14-19(3)18-15(20(10)14)17-12-5-7-13(21-4)8-6-12/h5-9H,1-4H3. The van der Waals surface area contributed by atoms with Gasteiger partial charge in [0.1, 0.15) is 17.1 Å². The van der Waals surface area contributed by atoms with Gasteiger partial charge >= 0.3 is 5.65 Å². The molecule has 0 radical (unpaired) electrons. The van der Waals surface area contributed by atoms with Crippen molar-refractivity contribution < 1.29 is 9.42 Å². The first kappa shape index (κ1) is 13.4. The fraction of sp³-hybridized carbons (Fsp3) is 0.267. The van der Waals surface area contributed by atoms with Crippen LogP contribution in [0.2, 0.25) is 0 Å². The molecule has 0 N–H and O–H groups in total. The van der Waals surface area contributed by atoms with E-state index in [1.165, 1.54) is 0 Å². The Bertz CT molecular complexity index is 858. The number of nitrogens with zero attached hydrogens (tertiary/aromatic N) is 5. The summed E-state index contributed by atoms with van der Waals surface area (Å²) < 4.78 is 8.96. The summed E-state index contributed by atoms with van der Waals surface area (Å²) in [5.41, 5.74) is 4.34. The van der Waals surface area contributed by atoms with Gasteiger partial charge in [-0.25, -0.2) is 4.98 Å². The fourth-order valence-corrected chi connectivity index (χ4v) is 2.34. The first-order chi connectivity index (χ1) is 10.1. The topological polar surface area (TPSA) is 56.9 Å². The Morgan fingerprint density at radius 1 is 1.24 bits per heavy atom. The molecule has 6 heteroatoms. The van der Waals surface area contributed by atoms with E-state index in [0.717, 1.165) is 28.5 Å². The molecule has 2 aromatic heterocycles. The van der Waals surface area contributed by atoms with Crippen LogP contribution in [0.5, 0.6) is 5.75 Å². The van der Waals surface area contributed by atoms with Crippen molar-refractivity contribution >= 4 is 11.3 Å². The highest BCUT2D eigenvalue weighted by Crippen LogP contribution is 2.16. The zero-order chi connectivity index (χ0) is 15.0. The van der Waals surface area contributed by atoms with E-state index < -0.39 is 0 Å². The summed E-state index contributed by atoms with van der Waals surface area (Å²) in [6, 6.07) is 7.58. The summed E-state index contributed by atoms with van der Waals surface area (Å²) in [5, 5.41) is 4.49. The molecule has 0 fully saturated rings. The average Bonchev–Trinajstić information content (AvgIpc) is 2.81. The Kier molecular flexibility index (Phi) is 3.21. The van der Waals surface area contributed by atoms with Gasteiger partial charge in [-0.3, -0.25) is 0 Å². The molecule has 0 spiro atoms. The number of aromatic nitrogens is 4. The van der Waals surface area contributed by atoms with Gasteiger partial charge < -0.3 is 9.73 Å². The number of rotatable bonds is 2. The van der Waals surface area contributed by atoms with Crippen LogP contribution in [0.4, 0.5) is 5.69 Å². The third kappa shape index (κ3) is 2.29. The molecular weight excluding hydrogens is 266 g/mol. The van der Waals surface area contributed by atoms with Gasteiger partial charge in [-0.15, -0.1) is 0 Å². The van der Waals surface area contributed by atoms with Gasteiger partial charge in [0.05, 0.1) is 20.4 Å². The largest absolute Gasteiger partial charge is 0.497 e. The van der Waals surface area contributed by atoms with Crippen molar-refractivity contribution in [3.05, 3.63) is 47.5 Å². The molecule has 0 bridgehead atoms. The number of ether oxygens (including phenoxy) is 1. The predicted molar refractivity (Wildman–Crippen MR) is 77.4 cm³/mol. The van der Waals surface area contributed by atoms with E-state index in [4.69, 9.17) is 4.74 Å². The molecule has 108 valence electrons. The molecule has 0 aliphatic rings. The van der Waals surface area contributed by atoms with Gasteiger partial charge in [0.25, 0.3) is 0 Å². The lowest BCUT2D eigenvalue weighted by molar-refractivity contribution is -0.710. The van der Waals surface area contributed by atoms with Crippen LogP contribution in [0.25, 0.3) is 5.65 Å². The summed E-state index contributed by atoms with van der Waals surface area (Å²) in [7, 11) is 3.55. The van der Waals surface area contributed by atoms with Crippen LogP contribution in [0.1, 0.15) is 11.4 Å². The summed E-state index contributed by atoms with van der Waals surface area (Å²) >= 11 is 0. The maximum absolute atomic E-state index is 5.15. The Balaban J connectivity index is 2.24. The maximum atomic E-state index is 5.15. The molecule has 21 heavy (non-hydrogen) atoms. The normalized spacial score (nSPS) is 12.1. The van der Waals surface area contributed by atoms with Crippen LogP contribution < -0.4 is 20.1 Å². The lowest BCUT2D eigenvalue weighted by Gasteiger charge is -2.00. The summed E-state index contributed by atoms with van der Waals surface area (Å²) in [4.78, 5) is 8.99. The third-order valence-electron chi connectivity index (χ3n) is 3.38. The Hall–Kier alpha value is -2.63. The average molecular weight is 283 g/mol. The molecule has 6 nitrogen and oxygen atoms in total. The zero-order valence-corrected chi connectivity index (χ0v) is 12.5. The van der Waals surface area contributed by atoms with Crippen LogP contribution in [0.3, 0.4) is 0 Å². The van der Waals surface area contributed by atoms with Crippen LogP contribution in [0.15, 0.2) is 35.5 Å². The molecule has 0 aliphatic heterocycles. The molecule has 2 heterocycles. The minimum absolute atomic E-state index is 0.640. The predicted octanol–water partition coefficient (Wildman–Crippen LogP) is 0.974. The van der Waals surface area contributed by atoms with Crippen molar-refractivity contribution in [3.8, 4) is 5.75 Å². The summed E-state index contributed by atoms with van der Waals surface area (Å²) in [6.07, 6.45) is 1.83. The molecular formula is C15H17N5O. The van der Waals surface area contributed by atoms with Crippen molar-refractivity contribution in [1.82, 2.24) is 14.5 Å². The Morgan fingerprint density at radius 2 is 1.95 bits per heavy atom. The summed E-state index contributed by atoms with van der Waals surface area (Å²) in [5.74, 6) is 0.809. The van der Waals surface area contributed by atoms with Crippen LogP contribution in [-0.4, -0.2) is 16.5 Å². The molecule has 0 atom stereocenters. The second kappa shape index (κ2) is 5.05. The van der Waals surface area contributed by atoms with Gasteiger partial charge in [0.2, 0.25) is 5.62 Å². The molecule has 0 aliphatic carbocycles. The van der Waals surface area contributed by atoms with Gasteiger partial charge in [-0.05, 0) is 43.8 Å². The first-order valence-electron chi connectivity index (χ1n) is 6.67. The second-order valence-corrected chi connectivity index (χ2v) is 4.88. The number of benzene rings is 1. The van der Waals surface area contributed by atoms with Crippen molar-refractivity contribution in [3.63, 3.8) is 0 Å². The Labute approximate surface area is 122 Å². The van der Waals surface area contributed by atoms with Crippen molar-refractivity contribution in [2.24, 2.45) is 12.0 Å². The maximum Gasteiger partial charge on any atom is 0.317 e. The SMILES string of the molecule is COc1ccc(N=c2[n-][n+](C)c3c(C)ncc(C)n23)cc1. The van der Waals surface area contributed by atoms with Crippen LogP contribution in [-0.2, 0) is 7.05 Å². The third-order valence-corrected chi connectivity index (χ3v) is 3.38. The van der Waals surface area contributed by atoms with Gasteiger partial charge in [0, 0.05) is 0 Å². The highest BCUT2D eigenvalue weighted by molar-refractivity contribution is 5.42. The fourth-order valence-electron chi connectivity index (χ4n) is 2.34. The quantitative estimate of drug-likeness (QED) is 0.659. The molecule has 3 aromatic rings. The second-order valence-electron chi connectivity index (χ2n) is 4.88. The van der Waals surface area contributed by atoms with Crippen molar-refractivity contribution in [2.75, 3.05) is 7.11 Å². The van der Waals surface area contributed by atoms with Crippen LogP contribution >= 0.6 is 0 Å². The first-order valence-corrected chi connectivity index (χ1v) is 6.67. The smallest absolute Gasteiger partial charge is 0.317 e. The highest BCUT2D eigenvalue weighted by Gasteiger charge is 2.14. The van der Waals surface area contributed by atoms with Crippen molar-refractivity contribution in [1.29, 1.82) is 0 Å². The minimum Gasteiger partial charge on any atom is -0.497 e. The zero-order valence-electron chi connectivity index (χ0n) is 12.5. The van der Waals surface area contributed by atoms with Gasteiger partial charge in [-0.2, -0.15) is 14.2 Å². The van der Waals surface area contributed by atoms with E-state index in [-0.39, 0.29) is 0 Å². The molecule has 0 saturated carbocycles. The van der Waals surface area contributed by atoms with E-state index in [1.54, 1.807) is 11.8 Å². The van der Waals surface area contributed by atoms with Gasteiger partial charge in [-0.1, -0.05) is 0 Å². The van der Waals surface area contributed by atoms with E-state index in [0.29, 0.717) is 5.62 Å². The molecule has 1 aromatic carbocycles. The van der Waals surface area contributed by atoms with E-state index >= 15 is 0 Å². The van der Waals surface area contributed by atoms with E-state index in [9.17, 15) is 0 Å². The molecule has 0 amide bonds. The lowest BCUT2D eigenvalue weighted by atomic mass is 10.3. The van der Waals surface area contributed by atoms with Crippen molar-refractivity contribution in [2.45, 2.75) is 13.8 Å². The highest BCUT2D eigenvalue weighted by atomic mass is 16.5. The monoisotopic (exact) mass is 283 g/mol. The molecule has 0 saturated heterocycles. The van der Waals surface area contributed by atoms with Gasteiger partial charge in [0.15, 0.2) is 0 Å². The van der Waals surface area contributed by atoms with E-state index in [1.807, 2.05) is 55.8 Å². The molecule has 3 rings (SSSR count). The summed E-state index contributed by atoms with van der Waals surface area (Å²) in [6.45, 7) is 3.96. The number of aryl methyl sites for hydroxylation is 3. The number of fused-ring (bicyclic) bond motifs is 1. The number of methoxy groups -OCH3 is 1. The lowest BCUT2D eigenvalue weighted by Crippen LogP contribution is -2.36. The number of hydrogen-bond donors (Lipinski definition) is 0. The molecule has 0 unspecified atom stereocenters. The number of hydrogen-bond acceptors (Lipinski definition) is 3. The Morgan fingerprint density at radius 3 is 2.62 bits per heavy atom. The van der Waals surface area contributed by atoms with Crippen LogP contribution in [0, 0.1) is 13.8 Å².